The van der Waals surface area contributed by atoms with Crippen LogP contribution in [0.1, 0.15) is 39.4 Å². The summed E-state index contributed by atoms with van der Waals surface area (Å²) in [7, 11) is 0. The Kier molecular flexibility index (Phi) is 5.08. The van der Waals surface area contributed by atoms with Crippen molar-refractivity contribution < 1.29 is 19.9 Å². The van der Waals surface area contributed by atoms with Gasteiger partial charge in [-0.05, 0) is 25.8 Å². The quantitative estimate of drug-likeness (QED) is 0.618. The lowest BCUT2D eigenvalue weighted by molar-refractivity contribution is -0.385. The summed E-state index contributed by atoms with van der Waals surface area (Å²) in [6, 6.07) is 4.03. The molecule has 0 aliphatic carbocycles. The van der Waals surface area contributed by atoms with E-state index in [0.29, 0.717) is 11.3 Å². The minimum atomic E-state index is -1.02. The van der Waals surface area contributed by atoms with Crippen molar-refractivity contribution in [3.63, 3.8) is 0 Å². The molecule has 2 atom stereocenters. The molecule has 1 rings (SSSR count). The van der Waals surface area contributed by atoms with Gasteiger partial charge in [-0.15, -0.1) is 0 Å². The normalized spacial score (nSPS) is 15.8. The van der Waals surface area contributed by atoms with Gasteiger partial charge in [0.2, 0.25) is 0 Å². The SMILES string of the molecule is CC(C)C(C)(O)COc1ccc([N+](=O)[O-])cc1[C@H](C)O. The Morgan fingerprint density at radius 1 is 1.40 bits per heavy atom. The summed E-state index contributed by atoms with van der Waals surface area (Å²) in [6.07, 6.45) is -0.895. The fourth-order valence-electron chi connectivity index (χ4n) is 1.50. The van der Waals surface area contributed by atoms with Crippen LogP contribution in [0.25, 0.3) is 0 Å². The maximum absolute atomic E-state index is 10.7. The molecule has 0 aliphatic rings. The highest BCUT2D eigenvalue weighted by atomic mass is 16.6. The second kappa shape index (κ2) is 6.19. The number of rotatable bonds is 6. The van der Waals surface area contributed by atoms with Crippen LogP contribution in [0.5, 0.6) is 5.75 Å². The van der Waals surface area contributed by atoms with Gasteiger partial charge in [-0.2, -0.15) is 0 Å². The molecule has 1 unspecified atom stereocenters. The number of aliphatic hydroxyl groups excluding tert-OH is 1. The molecule has 0 aliphatic heterocycles. The first-order valence-corrected chi connectivity index (χ1v) is 6.46. The van der Waals surface area contributed by atoms with Gasteiger partial charge < -0.3 is 14.9 Å². The highest BCUT2D eigenvalue weighted by Crippen LogP contribution is 2.30. The van der Waals surface area contributed by atoms with Crippen LogP contribution in [-0.2, 0) is 0 Å². The predicted octanol–water partition coefficient (Wildman–Crippen LogP) is 2.43. The Labute approximate surface area is 118 Å². The van der Waals surface area contributed by atoms with Gasteiger partial charge in [0.1, 0.15) is 12.4 Å². The molecule has 0 amide bonds. The lowest BCUT2D eigenvalue weighted by atomic mass is 9.94. The van der Waals surface area contributed by atoms with Crippen LogP contribution >= 0.6 is 0 Å². The number of benzene rings is 1. The van der Waals surface area contributed by atoms with E-state index in [-0.39, 0.29) is 18.2 Å². The first kappa shape index (κ1) is 16.4. The topological polar surface area (TPSA) is 92.8 Å². The first-order chi connectivity index (χ1) is 9.15. The fraction of sp³-hybridized carbons (Fsp3) is 0.571. The lowest BCUT2D eigenvalue weighted by Crippen LogP contribution is -2.38. The van der Waals surface area contributed by atoms with E-state index in [1.54, 1.807) is 6.92 Å². The summed E-state index contributed by atoms with van der Waals surface area (Å²) in [5, 5.41) is 30.6. The van der Waals surface area contributed by atoms with E-state index < -0.39 is 16.6 Å². The van der Waals surface area contributed by atoms with Crippen molar-refractivity contribution in [3.8, 4) is 5.75 Å². The van der Waals surface area contributed by atoms with Crippen LogP contribution in [-0.4, -0.2) is 27.3 Å². The van der Waals surface area contributed by atoms with Gasteiger partial charge in [-0.3, -0.25) is 10.1 Å². The van der Waals surface area contributed by atoms with Crippen LogP contribution < -0.4 is 4.74 Å². The van der Waals surface area contributed by atoms with Crippen molar-refractivity contribution in [1.82, 2.24) is 0 Å². The van der Waals surface area contributed by atoms with E-state index in [1.807, 2.05) is 13.8 Å². The van der Waals surface area contributed by atoms with E-state index in [0.717, 1.165) is 0 Å². The molecule has 6 nitrogen and oxygen atoms in total. The zero-order chi connectivity index (χ0) is 15.5. The average molecular weight is 283 g/mol. The van der Waals surface area contributed by atoms with Crippen LogP contribution in [0.15, 0.2) is 18.2 Å². The van der Waals surface area contributed by atoms with E-state index in [2.05, 4.69) is 0 Å². The van der Waals surface area contributed by atoms with Crippen molar-refractivity contribution >= 4 is 5.69 Å². The number of nitro benzene ring substituents is 1. The molecule has 1 aromatic rings. The summed E-state index contributed by atoms with van der Waals surface area (Å²) < 4.78 is 5.53. The third-order valence-corrected chi connectivity index (χ3v) is 3.42. The molecule has 2 N–H and O–H groups in total. The summed E-state index contributed by atoms with van der Waals surface area (Å²) in [5.41, 5.74) is -0.791. The Morgan fingerprint density at radius 2 is 2.00 bits per heavy atom. The van der Waals surface area contributed by atoms with Gasteiger partial charge in [0.25, 0.3) is 5.69 Å². The maximum Gasteiger partial charge on any atom is 0.270 e. The van der Waals surface area contributed by atoms with E-state index in [1.165, 1.54) is 25.1 Å². The molecule has 0 spiro atoms. The minimum absolute atomic E-state index is 0.00412. The summed E-state index contributed by atoms with van der Waals surface area (Å²) in [6.45, 7) is 6.95. The van der Waals surface area contributed by atoms with Crippen molar-refractivity contribution in [2.45, 2.75) is 39.4 Å². The summed E-state index contributed by atoms with van der Waals surface area (Å²) >= 11 is 0. The minimum Gasteiger partial charge on any atom is -0.490 e. The zero-order valence-electron chi connectivity index (χ0n) is 12.2. The van der Waals surface area contributed by atoms with Crippen molar-refractivity contribution in [2.75, 3.05) is 6.61 Å². The largest absolute Gasteiger partial charge is 0.490 e. The Bertz CT molecular complexity index is 482. The van der Waals surface area contributed by atoms with E-state index in [9.17, 15) is 20.3 Å². The van der Waals surface area contributed by atoms with E-state index >= 15 is 0 Å². The Hall–Kier alpha value is -1.66. The third-order valence-electron chi connectivity index (χ3n) is 3.42. The zero-order valence-corrected chi connectivity index (χ0v) is 12.2. The second-order valence-corrected chi connectivity index (χ2v) is 5.46. The molecular formula is C14H21NO5. The van der Waals surface area contributed by atoms with Crippen molar-refractivity contribution in [2.24, 2.45) is 5.92 Å². The number of nitrogens with zero attached hydrogens (tertiary/aromatic N) is 1. The van der Waals surface area contributed by atoms with E-state index in [4.69, 9.17) is 4.74 Å². The monoisotopic (exact) mass is 283 g/mol. The number of non-ortho nitro benzene ring substituents is 1. The standard InChI is InChI=1S/C14H21NO5/c1-9(2)14(4,17)8-20-13-6-5-11(15(18)19)7-12(13)10(3)16/h5-7,9-10,16-17H,8H2,1-4H3/t10-,14?/m0/s1. The van der Waals surface area contributed by atoms with Gasteiger partial charge in [0, 0.05) is 17.7 Å². The first-order valence-electron chi connectivity index (χ1n) is 6.46. The highest BCUT2D eigenvalue weighted by molar-refractivity contribution is 5.44. The molecule has 0 radical (unpaired) electrons. The fourth-order valence-corrected chi connectivity index (χ4v) is 1.50. The van der Waals surface area contributed by atoms with Gasteiger partial charge in [-0.1, -0.05) is 13.8 Å². The molecular weight excluding hydrogens is 262 g/mol. The third kappa shape index (κ3) is 3.91. The maximum atomic E-state index is 10.7. The number of hydrogen-bond donors (Lipinski definition) is 2. The predicted molar refractivity (Wildman–Crippen MR) is 74.7 cm³/mol. The van der Waals surface area contributed by atoms with Crippen LogP contribution in [0.2, 0.25) is 0 Å². The number of aliphatic hydroxyl groups is 2. The van der Waals surface area contributed by atoms with Gasteiger partial charge in [0.05, 0.1) is 16.6 Å². The Morgan fingerprint density at radius 3 is 2.45 bits per heavy atom. The van der Waals surface area contributed by atoms with Gasteiger partial charge in [-0.25, -0.2) is 0 Å². The van der Waals surface area contributed by atoms with Crippen molar-refractivity contribution in [3.05, 3.63) is 33.9 Å². The van der Waals surface area contributed by atoms with Gasteiger partial charge in [0.15, 0.2) is 0 Å². The summed E-state index contributed by atoms with van der Waals surface area (Å²) in [4.78, 5) is 10.2. The van der Waals surface area contributed by atoms with Crippen molar-refractivity contribution in [1.29, 1.82) is 0 Å². The Balaban J connectivity index is 2.98. The molecule has 112 valence electrons. The van der Waals surface area contributed by atoms with Crippen LogP contribution in [0.3, 0.4) is 0 Å². The smallest absolute Gasteiger partial charge is 0.270 e. The van der Waals surface area contributed by atoms with Gasteiger partial charge >= 0.3 is 0 Å². The second-order valence-electron chi connectivity index (χ2n) is 5.46. The average Bonchev–Trinajstić information content (AvgIpc) is 2.35. The van der Waals surface area contributed by atoms with Crippen LogP contribution in [0, 0.1) is 16.0 Å². The molecule has 0 fully saturated rings. The molecule has 0 aromatic heterocycles. The molecule has 0 saturated carbocycles. The molecule has 0 bridgehead atoms. The number of ether oxygens (including phenoxy) is 1. The molecule has 20 heavy (non-hydrogen) atoms. The lowest BCUT2D eigenvalue weighted by Gasteiger charge is -2.28. The highest BCUT2D eigenvalue weighted by Gasteiger charge is 2.26. The van der Waals surface area contributed by atoms with Crippen LogP contribution in [0.4, 0.5) is 5.69 Å². The molecule has 0 saturated heterocycles. The summed E-state index contributed by atoms with van der Waals surface area (Å²) in [5.74, 6) is 0.335. The molecule has 1 aromatic carbocycles. The molecule has 6 heteroatoms. The molecule has 0 heterocycles. The number of hydrogen-bond acceptors (Lipinski definition) is 5. The number of nitro groups is 1.